The second-order valence-electron chi connectivity index (χ2n) is 12.3. The second-order valence-corrected chi connectivity index (χ2v) is 12.3. The smallest absolute Gasteiger partial charge is 0.175 e. The molecule has 3 aliphatic rings. The topological polar surface area (TPSA) is 51.0 Å². The van der Waals surface area contributed by atoms with Gasteiger partial charge in [0.25, 0.3) is 0 Å². The fourth-order valence-electron chi connectivity index (χ4n) is 6.57. The van der Waals surface area contributed by atoms with Crippen molar-refractivity contribution in [2.45, 2.75) is 77.2 Å². The van der Waals surface area contributed by atoms with Crippen molar-refractivity contribution in [3.8, 4) is 5.75 Å². The highest BCUT2D eigenvalue weighted by atomic mass is 35.5. The molecule has 1 aromatic carbocycles. The Morgan fingerprint density at radius 3 is 2.42 bits per heavy atom. The molecule has 0 spiro atoms. The number of hydrogen-bond acceptors (Lipinski definition) is 6. The summed E-state index contributed by atoms with van der Waals surface area (Å²) >= 11 is 0. The van der Waals surface area contributed by atoms with E-state index in [1.165, 1.54) is 89.2 Å². The fraction of sp³-hybridized carbons (Fsp3) is 0.767. The molecule has 2 aromatic rings. The molecule has 0 N–H and O–H groups in total. The van der Waals surface area contributed by atoms with Crippen LogP contribution in [0.2, 0.25) is 0 Å². The maximum Gasteiger partial charge on any atom is 0.175 e. The molecule has 0 bridgehead atoms. The average Bonchev–Trinajstić information content (AvgIpc) is 3.61. The lowest BCUT2D eigenvalue weighted by Crippen LogP contribution is -2.45. The molecule has 0 unspecified atom stereocenters. The molecular formula is C30H49Cl2N3O3. The van der Waals surface area contributed by atoms with Gasteiger partial charge < -0.3 is 23.8 Å². The van der Waals surface area contributed by atoms with E-state index in [9.17, 15) is 0 Å². The summed E-state index contributed by atoms with van der Waals surface area (Å²) in [6.45, 7) is 6.22. The maximum absolute atomic E-state index is 6.19. The van der Waals surface area contributed by atoms with Crippen molar-refractivity contribution < 1.29 is 14.0 Å². The van der Waals surface area contributed by atoms with Crippen LogP contribution in [0.15, 0.2) is 16.7 Å². The summed E-state index contributed by atoms with van der Waals surface area (Å²) in [5, 5.41) is 5.71. The third-order valence-corrected chi connectivity index (χ3v) is 8.84. The monoisotopic (exact) mass is 569 g/mol. The summed E-state index contributed by atoms with van der Waals surface area (Å²) in [6, 6.07) is 4.31. The van der Waals surface area contributed by atoms with Crippen molar-refractivity contribution in [3.05, 3.63) is 23.4 Å². The summed E-state index contributed by atoms with van der Waals surface area (Å²) in [5.74, 6) is 2.47. The Morgan fingerprint density at radius 2 is 1.76 bits per heavy atom. The highest BCUT2D eigenvalue weighted by Crippen LogP contribution is 2.39. The molecule has 1 saturated heterocycles. The van der Waals surface area contributed by atoms with Gasteiger partial charge in [0.05, 0.1) is 24.5 Å². The Kier molecular flexibility index (Phi) is 12.0. The molecule has 6 nitrogen and oxygen atoms in total. The molecule has 2 aliphatic carbocycles. The Balaban J connectivity index is 0.00000200. The number of rotatable bonds is 12. The van der Waals surface area contributed by atoms with Crippen LogP contribution >= 0.6 is 24.8 Å². The van der Waals surface area contributed by atoms with E-state index in [-0.39, 0.29) is 24.8 Å². The number of piperidine rings is 1. The number of fused-ring (bicyclic) bond motifs is 1. The van der Waals surface area contributed by atoms with Crippen molar-refractivity contribution in [3.63, 3.8) is 0 Å². The predicted molar refractivity (Wildman–Crippen MR) is 159 cm³/mol. The minimum atomic E-state index is 0. The van der Waals surface area contributed by atoms with Crippen molar-refractivity contribution in [1.29, 1.82) is 0 Å². The average molecular weight is 571 g/mol. The highest BCUT2D eigenvalue weighted by molar-refractivity contribution is 5.86. The van der Waals surface area contributed by atoms with E-state index in [1.54, 1.807) is 0 Å². The Bertz CT molecular complexity index is 975. The molecule has 0 atom stereocenters. The van der Waals surface area contributed by atoms with E-state index in [2.05, 4.69) is 41.2 Å². The minimum absolute atomic E-state index is 0. The van der Waals surface area contributed by atoms with Gasteiger partial charge in [0.2, 0.25) is 0 Å². The molecule has 2 saturated carbocycles. The van der Waals surface area contributed by atoms with Crippen LogP contribution in [0.1, 0.15) is 75.5 Å². The van der Waals surface area contributed by atoms with Gasteiger partial charge in [0.1, 0.15) is 5.75 Å². The molecule has 1 aliphatic heterocycles. The largest absolute Gasteiger partial charge is 0.493 e. The summed E-state index contributed by atoms with van der Waals surface area (Å²) < 4.78 is 17.8. The summed E-state index contributed by atoms with van der Waals surface area (Å²) in [5.41, 5.74) is 3.56. The fourth-order valence-corrected chi connectivity index (χ4v) is 6.57. The molecule has 5 rings (SSSR count). The molecular weight excluding hydrogens is 521 g/mol. The Hall–Kier alpha value is -1.05. The first-order chi connectivity index (χ1) is 17.5. The SMILES string of the molecule is COCC1(CN2CCC(CCc3noc4c(CN(C)C)c(OCC5CC5)ccc34)CC2)CCCCC1.Cl.Cl. The number of benzene rings is 1. The molecule has 0 amide bonds. The summed E-state index contributed by atoms with van der Waals surface area (Å²) in [4.78, 5) is 4.90. The van der Waals surface area contributed by atoms with Crippen LogP contribution in [0.25, 0.3) is 11.0 Å². The molecule has 0 radical (unpaired) electrons. The van der Waals surface area contributed by atoms with Crippen molar-refractivity contribution in [2.75, 3.05) is 54.1 Å². The van der Waals surface area contributed by atoms with Gasteiger partial charge in [-0.15, -0.1) is 24.8 Å². The van der Waals surface area contributed by atoms with Gasteiger partial charge in [0.15, 0.2) is 5.58 Å². The quantitative estimate of drug-likeness (QED) is 0.281. The number of aromatic nitrogens is 1. The molecule has 216 valence electrons. The Morgan fingerprint density at radius 1 is 1.03 bits per heavy atom. The van der Waals surface area contributed by atoms with E-state index < -0.39 is 0 Å². The molecule has 2 heterocycles. The first kappa shape index (κ1) is 31.5. The zero-order chi connectivity index (χ0) is 25.0. The van der Waals surface area contributed by atoms with E-state index in [4.69, 9.17) is 14.0 Å². The van der Waals surface area contributed by atoms with Gasteiger partial charge in [-0.05, 0) is 103 Å². The summed E-state index contributed by atoms with van der Waals surface area (Å²) in [6.07, 6.45) is 14.2. The molecule has 8 heteroatoms. The van der Waals surface area contributed by atoms with E-state index in [1.807, 2.05) is 7.11 Å². The second kappa shape index (κ2) is 14.5. The first-order valence-electron chi connectivity index (χ1n) is 14.4. The number of aryl methyl sites for hydroxylation is 1. The van der Waals surface area contributed by atoms with Gasteiger partial charge in [-0.25, -0.2) is 0 Å². The number of likely N-dealkylation sites (tertiary alicyclic amines) is 1. The van der Waals surface area contributed by atoms with Crippen molar-refractivity contribution >= 4 is 35.8 Å². The van der Waals surface area contributed by atoms with E-state index >= 15 is 0 Å². The number of hydrogen-bond donors (Lipinski definition) is 0. The van der Waals surface area contributed by atoms with E-state index in [0.717, 1.165) is 60.6 Å². The standard InChI is InChI=1S/C30H47N3O3.2ClH/c1-32(2)19-26-28(35-20-24-7-8-24)12-10-25-27(31-36-29(25)26)11-9-23-13-17-33(18-14-23)21-30(22-34-3)15-5-4-6-16-30;;/h10,12,23-24H,4-9,11,13-22H2,1-3H3;2*1H. The normalized spacial score (nSPS) is 20.3. The zero-order valence-corrected chi connectivity index (χ0v) is 25.3. The first-order valence-corrected chi connectivity index (χ1v) is 14.4. The number of halogens is 2. The van der Waals surface area contributed by atoms with Crippen molar-refractivity contribution in [2.24, 2.45) is 17.3 Å². The van der Waals surface area contributed by atoms with Gasteiger partial charge in [0, 0.05) is 31.0 Å². The zero-order valence-electron chi connectivity index (χ0n) is 23.7. The van der Waals surface area contributed by atoms with E-state index in [0.29, 0.717) is 5.41 Å². The van der Waals surface area contributed by atoms with Crippen LogP contribution < -0.4 is 4.74 Å². The van der Waals surface area contributed by atoms with Gasteiger partial charge in [-0.1, -0.05) is 24.4 Å². The number of methoxy groups -OCH3 is 1. The van der Waals surface area contributed by atoms with Crippen LogP contribution in [0, 0.1) is 17.3 Å². The van der Waals surface area contributed by atoms with Crippen LogP contribution in [0.5, 0.6) is 5.75 Å². The lowest BCUT2D eigenvalue weighted by molar-refractivity contribution is 0.00869. The van der Waals surface area contributed by atoms with Crippen LogP contribution in [0.4, 0.5) is 0 Å². The molecule has 38 heavy (non-hydrogen) atoms. The van der Waals surface area contributed by atoms with Gasteiger partial charge in [-0.2, -0.15) is 0 Å². The highest BCUT2D eigenvalue weighted by Gasteiger charge is 2.35. The predicted octanol–water partition coefficient (Wildman–Crippen LogP) is 6.76. The van der Waals surface area contributed by atoms with Gasteiger partial charge in [-0.3, -0.25) is 0 Å². The lowest BCUT2D eigenvalue weighted by Gasteiger charge is -2.43. The molecule has 3 fully saturated rings. The lowest BCUT2D eigenvalue weighted by atomic mass is 9.74. The van der Waals surface area contributed by atoms with Crippen LogP contribution in [-0.4, -0.2) is 69.0 Å². The molecule has 1 aromatic heterocycles. The number of nitrogens with zero attached hydrogens (tertiary/aromatic N) is 3. The number of ether oxygens (including phenoxy) is 2. The van der Waals surface area contributed by atoms with Gasteiger partial charge >= 0.3 is 0 Å². The van der Waals surface area contributed by atoms with Crippen LogP contribution in [0.3, 0.4) is 0 Å². The third-order valence-electron chi connectivity index (χ3n) is 8.84. The third kappa shape index (κ3) is 8.00. The van der Waals surface area contributed by atoms with Crippen molar-refractivity contribution in [1.82, 2.24) is 15.0 Å². The minimum Gasteiger partial charge on any atom is -0.493 e. The summed E-state index contributed by atoms with van der Waals surface area (Å²) in [7, 11) is 6.07. The van der Waals surface area contributed by atoms with Crippen LogP contribution in [-0.2, 0) is 17.7 Å². The maximum atomic E-state index is 6.19. The Labute approximate surface area is 242 Å².